The highest BCUT2D eigenvalue weighted by atomic mass is 16.7. The van der Waals surface area contributed by atoms with Gasteiger partial charge in [-0.2, -0.15) is 10.1 Å². The van der Waals surface area contributed by atoms with E-state index in [1.165, 1.54) is 4.57 Å². The molecular weight excluding hydrogens is 426 g/mol. The van der Waals surface area contributed by atoms with Crippen LogP contribution in [0.25, 0.3) is 28.2 Å². The number of fused-ring (bicyclic) bond motifs is 2. The molecule has 0 atom stereocenters. The van der Waals surface area contributed by atoms with E-state index >= 15 is 0 Å². The summed E-state index contributed by atoms with van der Waals surface area (Å²) in [6.45, 7) is 0.326. The molecule has 10 heteroatoms. The standard InChI is InChI=1S/C23H17N5O5/c1-30-16-5-2-14(3-6-16)17-11-18-23(29)27(8-9-28(18)25-17)12-21-24-22(26-33-21)15-4-7-19-20(10-15)32-13-31-19/h2-11H,12-13H2,1H3. The highest BCUT2D eigenvalue weighted by Crippen LogP contribution is 2.35. The van der Waals surface area contributed by atoms with Crippen molar-refractivity contribution in [2.45, 2.75) is 6.54 Å². The number of methoxy groups -OCH3 is 1. The summed E-state index contributed by atoms with van der Waals surface area (Å²) in [4.78, 5) is 17.5. The maximum absolute atomic E-state index is 13.0. The topological polar surface area (TPSA) is 106 Å². The number of hydrogen-bond donors (Lipinski definition) is 0. The summed E-state index contributed by atoms with van der Waals surface area (Å²) in [5, 5.41) is 8.54. The number of aromatic nitrogens is 5. The van der Waals surface area contributed by atoms with E-state index in [1.807, 2.05) is 30.3 Å². The predicted molar refractivity (Wildman–Crippen MR) is 116 cm³/mol. The Morgan fingerprint density at radius 1 is 1.00 bits per heavy atom. The van der Waals surface area contributed by atoms with Gasteiger partial charge in [-0.1, -0.05) is 5.16 Å². The molecule has 0 radical (unpaired) electrons. The van der Waals surface area contributed by atoms with E-state index in [-0.39, 0.29) is 18.9 Å². The lowest BCUT2D eigenvalue weighted by Gasteiger charge is -2.02. The van der Waals surface area contributed by atoms with Crippen LogP contribution < -0.4 is 19.8 Å². The van der Waals surface area contributed by atoms with E-state index in [9.17, 15) is 4.79 Å². The maximum atomic E-state index is 13.0. The third-order valence-corrected chi connectivity index (χ3v) is 5.39. The molecule has 0 bridgehead atoms. The van der Waals surface area contributed by atoms with Crippen LogP contribution in [0.2, 0.25) is 0 Å². The average molecular weight is 443 g/mol. The van der Waals surface area contributed by atoms with Crippen LogP contribution in [0.1, 0.15) is 5.89 Å². The van der Waals surface area contributed by atoms with Gasteiger partial charge in [0, 0.05) is 23.5 Å². The number of nitrogens with zero attached hydrogens (tertiary/aromatic N) is 5. The van der Waals surface area contributed by atoms with Crippen molar-refractivity contribution in [1.29, 1.82) is 0 Å². The molecule has 33 heavy (non-hydrogen) atoms. The quantitative estimate of drug-likeness (QED) is 0.408. The molecule has 0 spiro atoms. The molecule has 5 aromatic rings. The first kappa shape index (κ1) is 19.1. The maximum Gasteiger partial charge on any atom is 0.277 e. The van der Waals surface area contributed by atoms with Crippen LogP contribution in [0.5, 0.6) is 17.2 Å². The Balaban J connectivity index is 1.28. The summed E-state index contributed by atoms with van der Waals surface area (Å²) in [5.74, 6) is 2.78. The van der Waals surface area contributed by atoms with Crippen LogP contribution in [0.3, 0.4) is 0 Å². The Morgan fingerprint density at radius 3 is 2.67 bits per heavy atom. The van der Waals surface area contributed by atoms with Crippen LogP contribution in [0.15, 0.2) is 70.2 Å². The zero-order valence-corrected chi connectivity index (χ0v) is 17.5. The normalized spacial score (nSPS) is 12.4. The van der Waals surface area contributed by atoms with Crippen LogP contribution in [-0.2, 0) is 6.54 Å². The van der Waals surface area contributed by atoms with Crippen LogP contribution in [0, 0.1) is 0 Å². The Kier molecular flexibility index (Phi) is 4.35. The minimum absolute atomic E-state index is 0.135. The summed E-state index contributed by atoms with van der Waals surface area (Å²) in [7, 11) is 1.61. The van der Waals surface area contributed by atoms with Gasteiger partial charge >= 0.3 is 0 Å². The molecule has 10 nitrogen and oxygen atoms in total. The van der Waals surface area contributed by atoms with E-state index in [2.05, 4.69) is 15.2 Å². The van der Waals surface area contributed by atoms with Gasteiger partial charge in [0.05, 0.1) is 12.8 Å². The van der Waals surface area contributed by atoms with E-state index in [0.29, 0.717) is 34.4 Å². The Bertz CT molecular complexity index is 1530. The van der Waals surface area contributed by atoms with Crippen molar-refractivity contribution in [1.82, 2.24) is 24.3 Å². The zero-order valence-electron chi connectivity index (χ0n) is 17.5. The summed E-state index contributed by atoms with van der Waals surface area (Å²) in [6.07, 6.45) is 3.36. The fourth-order valence-corrected chi connectivity index (χ4v) is 3.67. The molecule has 1 aliphatic heterocycles. The smallest absolute Gasteiger partial charge is 0.277 e. The lowest BCUT2D eigenvalue weighted by molar-refractivity contribution is 0.174. The van der Waals surface area contributed by atoms with Gasteiger partial charge in [0.25, 0.3) is 5.56 Å². The molecule has 4 heterocycles. The number of benzene rings is 2. The van der Waals surface area contributed by atoms with Gasteiger partial charge in [0.2, 0.25) is 18.5 Å². The van der Waals surface area contributed by atoms with Gasteiger partial charge in [-0.15, -0.1) is 0 Å². The lowest BCUT2D eigenvalue weighted by atomic mass is 10.1. The second-order valence-corrected chi connectivity index (χ2v) is 7.40. The largest absolute Gasteiger partial charge is 0.497 e. The molecule has 3 aromatic heterocycles. The summed E-state index contributed by atoms with van der Waals surface area (Å²) in [6, 6.07) is 14.7. The van der Waals surface area contributed by atoms with E-state index in [0.717, 1.165) is 16.9 Å². The van der Waals surface area contributed by atoms with Crippen LogP contribution in [-0.4, -0.2) is 38.2 Å². The van der Waals surface area contributed by atoms with Crippen molar-refractivity contribution in [2.75, 3.05) is 13.9 Å². The van der Waals surface area contributed by atoms with Crippen molar-refractivity contribution in [3.05, 3.63) is 77.2 Å². The molecular formula is C23H17N5O5. The molecule has 1 aliphatic rings. The third-order valence-electron chi connectivity index (χ3n) is 5.39. The lowest BCUT2D eigenvalue weighted by Crippen LogP contribution is -2.21. The van der Waals surface area contributed by atoms with Gasteiger partial charge in [-0.3, -0.25) is 4.79 Å². The Hall–Kier alpha value is -4.60. The van der Waals surface area contributed by atoms with Crippen LogP contribution >= 0.6 is 0 Å². The van der Waals surface area contributed by atoms with Crippen molar-refractivity contribution in [3.8, 4) is 39.9 Å². The Labute approximate surface area is 186 Å². The predicted octanol–water partition coefficient (Wildman–Crippen LogP) is 3.00. The van der Waals surface area contributed by atoms with Crippen LogP contribution in [0.4, 0.5) is 0 Å². The fourth-order valence-electron chi connectivity index (χ4n) is 3.67. The number of ether oxygens (including phenoxy) is 3. The van der Waals surface area contributed by atoms with Gasteiger partial charge in [-0.05, 0) is 48.5 Å². The molecule has 0 aliphatic carbocycles. The first-order valence-corrected chi connectivity index (χ1v) is 10.1. The fraction of sp³-hybridized carbons (Fsp3) is 0.130. The summed E-state index contributed by atoms with van der Waals surface area (Å²) >= 11 is 0. The van der Waals surface area contributed by atoms with E-state index in [4.69, 9.17) is 18.7 Å². The SMILES string of the molecule is COc1ccc(-c2cc3c(=O)n(Cc4nc(-c5ccc6c(c5)OCO6)no4)ccn3n2)cc1. The van der Waals surface area contributed by atoms with Crippen molar-refractivity contribution in [2.24, 2.45) is 0 Å². The molecule has 0 saturated carbocycles. The van der Waals surface area contributed by atoms with Gasteiger partial charge in [0.15, 0.2) is 11.5 Å². The molecule has 6 rings (SSSR count). The van der Waals surface area contributed by atoms with Gasteiger partial charge in [0.1, 0.15) is 17.8 Å². The summed E-state index contributed by atoms with van der Waals surface area (Å²) < 4.78 is 24.4. The molecule has 0 fully saturated rings. The number of hydrogen-bond acceptors (Lipinski definition) is 8. The third kappa shape index (κ3) is 3.37. The van der Waals surface area contributed by atoms with E-state index in [1.54, 1.807) is 42.2 Å². The van der Waals surface area contributed by atoms with Crippen molar-refractivity contribution >= 4 is 5.52 Å². The molecule has 0 amide bonds. The van der Waals surface area contributed by atoms with Gasteiger partial charge < -0.3 is 23.3 Å². The molecule has 2 aromatic carbocycles. The van der Waals surface area contributed by atoms with Crippen molar-refractivity contribution in [3.63, 3.8) is 0 Å². The van der Waals surface area contributed by atoms with Crippen molar-refractivity contribution < 1.29 is 18.7 Å². The molecule has 0 N–H and O–H groups in total. The molecule has 0 saturated heterocycles. The minimum Gasteiger partial charge on any atom is -0.497 e. The second-order valence-electron chi connectivity index (χ2n) is 7.40. The van der Waals surface area contributed by atoms with E-state index < -0.39 is 0 Å². The first-order chi connectivity index (χ1) is 16.2. The monoisotopic (exact) mass is 443 g/mol. The molecule has 0 unspecified atom stereocenters. The van der Waals surface area contributed by atoms with Gasteiger partial charge in [-0.25, -0.2) is 4.52 Å². The number of rotatable bonds is 5. The second kappa shape index (κ2) is 7.52. The average Bonchev–Trinajstić information content (AvgIpc) is 3.60. The molecule has 164 valence electrons. The first-order valence-electron chi connectivity index (χ1n) is 10.1. The zero-order chi connectivity index (χ0) is 22.4. The minimum atomic E-state index is -0.215. The summed E-state index contributed by atoms with van der Waals surface area (Å²) in [5.41, 5.74) is 2.54. The highest BCUT2D eigenvalue weighted by molar-refractivity contribution is 5.66. The highest BCUT2D eigenvalue weighted by Gasteiger charge is 2.17. The Morgan fingerprint density at radius 2 is 1.82 bits per heavy atom.